The highest BCUT2D eigenvalue weighted by atomic mass is 35.5. The Balaban J connectivity index is 0. The molecule has 0 radical (unpaired) electrons. The van der Waals surface area contributed by atoms with Gasteiger partial charge in [0.15, 0.2) is 0 Å². The molecule has 0 fully saturated rings. The van der Waals surface area contributed by atoms with Crippen LogP contribution in [0.5, 0.6) is 0 Å². The van der Waals surface area contributed by atoms with Crippen LogP contribution in [0.1, 0.15) is 33.6 Å². The monoisotopic (exact) mass is 430 g/mol. The quantitative estimate of drug-likeness (QED) is 0.204. The van der Waals surface area contributed by atoms with E-state index >= 15 is 0 Å². The van der Waals surface area contributed by atoms with Crippen molar-refractivity contribution in [2.75, 3.05) is 35.5 Å². The minimum Gasteiger partial charge on any atom is -0.459 e. The molecule has 26 heavy (non-hydrogen) atoms. The third-order valence-corrected chi connectivity index (χ3v) is 9.61. The van der Waals surface area contributed by atoms with Crippen molar-refractivity contribution in [3.63, 3.8) is 0 Å². The summed E-state index contributed by atoms with van der Waals surface area (Å²) in [6, 6.07) is 0.669. The van der Waals surface area contributed by atoms with Crippen LogP contribution in [0.4, 0.5) is 0 Å². The molecule has 0 aliphatic carbocycles. The Morgan fingerprint density at radius 1 is 1.04 bits per heavy atom. The molecule has 0 aliphatic heterocycles. The molecule has 7 nitrogen and oxygen atoms in total. The van der Waals surface area contributed by atoms with Gasteiger partial charge in [0.25, 0.3) is 0 Å². The summed E-state index contributed by atoms with van der Waals surface area (Å²) in [6.45, 7) is 9.11. The van der Waals surface area contributed by atoms with Crippen LogP contribution in [0.3, 0.4) is 0 Å². The fraction of sp³-hybridized carbons (Fsp3) is 0.812. The smallest absolute Gasteiger partial charge is 0.459 e. The van der Waals surface area contributed by atoms with Crippen LogP contribution < -0.4 is 0 Å². The maximum absolute atomic E-state index is 11.3. The predicted octanol–water partition coefficient (Wildman–Crippen LogP) is 2.82. The Hall–Kier alpha value is -0.266. The fourth-order valence-corrected chi connectivity index (χ4v) is 5.94. The molecule has 0 saturated heterocycles. The first kappa shape index (κ1) is 27.9. The Labute approximate surface area is 166 Å². The molecular weight excluding hydrogens is 396 g/mol. The molecule has 0 aliphatic rings. The number of hydrogen-bond acceptors (Lipinski definition) is 7. The van der Waals surface area contributed by atoms with Gasteiger partial charge < -0.3 is 26.9 Å². The molecule has 2 atom stereocenters. The maximum Gasteiger partial charge on any atom is 0.518 e. The normalized spacial score (nSPS) is 13.6. The van der Waals surface area contributed by atoms with Crippen molar-refractivity contribution >= 4 is 35.7 Å². The lowest BCUT2D eigenvalue weighted by molar-refractivity contribution is -0.143. The third kappa shape index (κ3) is 10.2. The number of carbonyl (C=O) groups excluding carboxylic acids is 1. The molecule has 0 bridgehead atoms. The Bertz CT molecular complexity index is 383. The molecule has 2 unspecified atom stereocenters. The standard InChI is InChI=1S/C10H20O4Si.C6H15ClO3Si/c1-6-9(7-15(12-4)13-5)14-10(11)8(2)3;1-5-6(7)11(8-2,9-3)10-4/h9,15H,2,6-7H2,1,3-5H3;6H,5H2,1-4H3. The molecule has 0 rings (SSSR count). The largest absolute Gasteiger partial charge is 0.518 e. The van der Waals surface area contributed by atoms with Crippen molar-refractivity contribution in [1.29, 1.82) is 0 Å². The summed E-state index contributed by atoms with van der Waals surface area (Å²) in [7, 11) is 3.70. The van der Waals surface area contributed by atoms with E-state index in [9.17, 15) is 4.79 Å². The van der Waals surface area contributed by atoms with Crippen LogP contribution in [0.15, 0.2) is 12.2 Å². The van der Waals surface area contributed by atoms with E-state index in [1.807, 2.05) is 13.8 Å². The van der Waals surface area contributed by atoms with E-state index in [0.29, 0.717) is 11.6 Å². The summed E-state index contributed by atoms with van der Waals surface area (Å²) in [4.78, 5) is 11.3. The van der Waals surface area contributed by atoms with Crippen LogP contribution in [0.2, 0.25) is 6.04 Å². The lowest BCUT2D eigenvalue weighted by atomic mass is 10.3. The second-order valence-electron chi connectivity index (χ2n) is 5.44. The van der Waals surface area contributed by atoms with Gasteiger partial charge in [-0.05, 0) is 19.8 Å². The van der Waals surface area contributed by atoms with Crippen LogP contribution in [-0.4, -0.2) is 70.7 Å². The minimum atomic E-state index is -2.56. The number of esters is 1. The van der Waals surface area contributed by atoms with E-state index in [0.717, 1.165) is 12.8 Å². The molecule has 0 aromatic heterocycles. The summed E-state index contributed by atoms with van der Waals surface area (Å²) in [6.07, 6.45) is 1.41. The zero-order valence-corrected chi connectivity index (χ0v) is 20.2. The van der Waals surface area contributed by atoms with Crippen LogP contribution in [0.25, 0.3) is 0 Å². The van der Waals surface area contributed by atoms with Gasteiger partial charge in [0, 0.05) is 47.2 Å². The fourth-order valence-electron chi connectivity index (χ4n) is 1.94. The Kier molecular flexibility index (Phi) is 16.9. The van der Waals surface area contributed by atoms with Gasteiger partial charge in [-0.3, -0.25) is 0 Å². The van der Waals surface area contributed by atoms with E-state index in [-0.39, 0.29) is 17.1 Å². The van der Waals surface area contributed by atoms with Crippen LogP contribution >= 0.6 is 11.6 Å². The Morgan fingerprint density at radius 3 is 1.73 bits per heavy atom. The molecule has 0 heterocycles. The molecule has 0 saturated carbocycles. The van der Waals surface area contributed by atoms with E-state index in [2.05, 4.69) is 6.58 Å². The lowest BCUT2D eigenvalue weighted by Gasteiger charge is -2.27. The highest BCUT2D eigenvalue weighted by molar-refractivity contribution is 6.71. The average molecular weight is 431 g/mol. The van der Waals surface area contributed by atoms with Crippen molar-refractivity contribution in [3.05, 3.63) is 12.2 Å². The zero-order chi connectivity index (χ0) is 20.8. The van der Waals surface area contributed by atoms with Crippen molar-refractivity contribution in [2.45, 2.75) is 50.8 Å². The van der Waals surface area contributed by atoms with Gasteiger partial charge in [0.2, 0.25) is 0 Å². The first-order valence-corrected chi connectivity index (χ1v) is 12.4. The van der Waals surface area contributed by atoms with E-state index in [4.69, 9.17) is 38.5 Å². The molecule has 0 spiro atoms. The van der Waals surface area contributed by atoms with Gasteiger partial charge in [0.1, 0.15) is 11.1 Å². The van der Waals surface area contributed by atoms with E-state index in [1.54, 1.807) is 42.5 Å². The molecule has 0 aromatic rings. The number of carbonyl (C=O) groups is 1. The van der Waals surface area contributed by atoms with Crippen molar-refractivity contribution in [1.82, 2.24) is 0 Å². The van der Waals surface area contributed by atoms with Gasteiger partial charge in [0.05, 0.1) is 0 Å². The second kappa shape index (κ2) is 15.8. The average Bonchev–Trinajstić information content (AvgIpc) is 2.66. The van der Waals surface area contributed by atoms with Gasteiger partial charge in [-0.2, -0.15) is 0 Å². The third-order valence-electron chi connectivity index (χ3n) is 3.65. The first-order chi connectivity index (χ1) is 12.2. The minimum absolute atomic E-state index is 0.134. The molecular formula is C16H35ClO7Si2. The van der Waals surface area contributed by atoms with E-state index in [1.165, 1.54) is 0 Å². The molecule has 156 valence electrons. The topological polar surface area (TPSA) is 72.5 Å². The lowest BCUT2D eigenvalue weighted by Crippen LogP contribution is -2.51. The number of halogens is 1. The van der Waals surface area contributed by atoms with Crippen LogP contribution in [0, 0.1) is 0 Å². The number of alkyl halides is 1. The highest BCUT2D eigenvalue weighted by Gasteiger charge is 2.45. The molecule has 0 N–H and O–H groups in total. The summed E-state index contributed by atoms with van der Waals surface area (Å²) in [5.41, 5.74) is 0.418. The first-order valence-electron chi connectivity index (χ1n) is 8.43. The number of rotatable bonds is 12. The Morgan fingerprint density at radius 2 is 1.50 bits per heavy atom. The van der Waals surface area contributed by atoms with Gasteiger partial charge >= 0.3 is 24.1 Å². The number of ether oxygens (including phenoxy) is 1. The van der Waals surface area contributed by atoms with Gasteiger partial charge in [-0.1, -0.05) is 20.4 Å². The van der Waals surface area contributed by atoms with E-state index < -0.39 is 18.1 Å². The van der Waals surface area contributed by atoms with Crippen LogP contribution in [-0.2, 0) is 31.7 Å². The van der Waals surface area contributed by atoms with Gasteiger partial charge in [-0.15, -0.1) is 11.6 Å². The molecule has 10 heteroatoms. The SMILES string of the molecule is C=C(C)C(=O)OC(CC)C[SiH](OC)OC.CCC(Cl)[Si](OC)(OC)OC. The summed E-state index contributed by atoms with van der Waals surface area (Å²) >= 11 is 5.98. The number of hydrogen-bond donors (Lipinski definition) is 0. The summed E-state index contributed by atoms with van der Waals surface area (Å²) in [5, 5.41) is -0.164. The van der Waals surface area contributed by atoms with Gasteiger partial charge in [-0.25, -0.2) is 4.79 Å². The maximum atomic E-state index is 11.3. The zero-order valence-electron chi connectivity index (χ0n) is 17.3. The molecule has 0 amide bonds. The summed E-state index contributed by atoms with van der Waals surface area (Å²) < 4.78 is 31.0. The molecule has 0 aromatic carbocycles. The van der Waals surface area contributed by atoms with Crippen molar-refractivity contribution < 1.29 is 31.7 Å². The highest BCUT2D eigenvalue weighted by Crippen LogP contribution is 2.19. The van der Waals surface area contributed by atoms with Crippen molar-refractivity contribution in [2.24, 2.45) is 0 Å². The summed E-state index contributed by atoms with van der Waals surface area (Å²) in [5.74, 6) is -0.346. The second-order valence-corrected chi connectivity index (χ2v) is 11.7. The predicted molar refractivity (Wildman–Crippen MR) is 108 cm³/mol. The van der Waals surface area contributed by atoms with Crippen molar-refractivity contribution in [3.8, 4) is 0 Å².